The fourth-order valence-corrected chi connectivity index (χ4v) is 2.31. The van der Waals surface area contributed by atoms with E-state index in [9.17, 15) is 14.4 Å². The molecule has 19 heavy (non-hydrogen) atoms. The summed E-state index contributed by atoms with van der Waals surface area (Å²) in [7, 11) is 0. The van der Waals surface area contributed by atoms with Crippen molar-refractivity contribution in [1.82, 2.24) is 5.32 Å². The number of hydrogen-bond acceptors (Lipinski definition) is 4. The second kappa shape index (κ2) is 6.33. The topological polar surface area (TPSA) is 109 Å². The van der Waals surface area contributed by atoms with Crippen molar-refractivity contribution < 1.29 is 19.5 Å². The molecule has 2 amide bonds. The fraction of sp³-hybridized carbons (Fsp3) is 0.417. The van der Waals surface area contributed by atoms with Crippen molar-refractivity contribution >= 4 is 29.1 Å². The van der Waals surface area contributed by atoms with Crippen LogP contribution in [0.3, 0.4) is 0 Å². The van der Waals surface area contributed by atoms with Crippen LogP contribution in [0.1, 0.15) is 40.3 Å². The first-order valence-electron chi connectivity index (χ1n) is 5.73. The summed E-state index contributed by atoms with van der Waals surface area (Å²) >= 11 is 1.05. The summed E-state index contributed by atoms with van der Waals surface area (Å²) in [6, 6.07) is 0.419. The third-order valence-electron chi connectivity index (χ3n) is 2.42. The van der Waals surface area contributed by atoms with Crippen molar-refractivity contribution in [2.24, 2.45) is 11.7 Å². The highest BCUT2D eigenvalue weighted by Crippen LogP contribution is 2.15. The molecule has 0 bridgehead atoms. The van der Waals surface area contributed by atoms with Crippen LogP contribution in [0.5, 0.6) is 0 Å². The number of hydrogen-bond donors (Lipinski definition) is 3. The van der Waals surface area contributed by atoms with E-state index in [1.807, 2.05) is 13.8 Å². The zero-order valence-electron chi connectivity index (χ0n) is 10.7. The van der Waals surface area contributed by atoms with Gasteiger partial charge in [-0.05, 0) is 18.4 Å². The van der Waals surface area contributed by atoms with E-state index in [0.717, 1.165) is 11.3 Å². The van der Waals surface area contributed by atoms with Crippen molar-refractivity contribution in [3.63, 3.8) is 0 Å². The molecule has 1 aromatic heterocycles. The molecule has 0 aliphatic carbocycles. The monoisotopic (exact) mass is 284 g/mol. The molecular weight excluding hydrogens is 268 g/mol. The average Bonchev–Trinajstić information content (AvgIpc) is 2.76. The van der Waals surface area contributed by atoms with Gasteiger partial charge in [0.2, 0.25) is 5.91 Å². The van der Waals surface area contributed by atoms with Gasteiger partial charge in [-0.1, -0.05) is 13.8 Å². The predicted molar refractivity (Wildman–Crippen MR) is 71.2 cm³/mol. The SMILES string of the molecule is CC(C)CC(NC(=O)c1cc(C(N)=O)cs1)C(=O)O. The fourth-order valence-electron chi connectivity index (χ4n) is 1.51. The Balaban J connectivity index is 2.75. The van der Waals surface area contributed by atoms with Gasteiger partial charge in [0.25, 0.3) is 5.91 Å². The highest BCUT2D eigenvalue weighted by atomic mass is 32.1. The highest BCUT2D eigenvalue weighted by molar-refractivity contribution is 7.12. The number of nitrogens with one attached hydrogen (secondary N) is 1. The minimum atomic E-state index is -1.08. The number of primary amides is 1. The molecule has 0 radical (unpaired) electrons. The van der Waals surface area contributed by atoms with Crippen LogP contribution >= 0.6 is 11.3 Å². The molecule has 1 heterocycles. The van der Waals surface area contributed by atoms with Gasteiger partial charge in [-0.3, -0.25) is 9.59 Å². The van der Waals surface area contributed by atoms with Crippen LogP contribution in [-0.2, 0) is 4.79 Å². The molecule has 0 aromatic carbocycles. The highest BCUT2D eigenvalue weighted by Gasteiger charge is 2.22. The maximum atomic E-state index is 11.9. The first-order valence-corrected chi connectivity index (χ1v) is 6.61. The van der Waals surface area contributed by atoms with E-state index in [-0.39, 0.29) is 16.4 Å². The Morgan fingerprint density at radius 2 is 2.05 bits per heavy atom. The summed E-state index contributed by atoms with van der Waals surface area (Å²) in [5, 5.41) is 12.9. The number of carboxylic acid groups (broad SMARTS) is 1. The summed E-state index contributed by atoms with van der Waals surface area (Å²) < 4.78 is 0. The van der Waals surface area contributed by atoms with Gasteiger partial charge < -0.3 is 16.2 Å². The van der Waals surface area contributed by atoms with Crippen molar-refractivity contribution in [3.8, 4) is 0 Å². The van der Waals surface area contributed by atoms with E-state index in [1.165, 1.54) is 11.4 Å². The van der Waals surface area contributed by atoms with Gasteiger partial charge in [0.15, 0.2) is 0 Å². The molecule has 1 unspecified atom stereocenters. The van der Waals surface area contributed by atoms with Crippen molar-refractivity contribution in [2.75, 3.05) is 0 Å². The summed E-state index contributed by atoms with van der Waals surface area (Å²) in [4.78, 5) is 34.1. The maximum Gasteiger partial charge on any atom is 0.326 e. The molecule has 0 saturated heterocycles. The number of carbonyl (C=O) groups is 3. The van der Waals surface area contributed by atoms with Gasteiger partial charge in [-0.25, -0.2) is 4.79 Å². The minimum Gasteiger partial charge on any atom is -0.480 e. The Labute approximate surface area is 114 Å². The first-order chi connectivity index (χ1) is 8.81. The molecule has 104 valence electrons. The van der Waals surface area contributed by atoms with Gasteiger partial charge in [0.05, 0.1) is 10.4 Å². The van der Waals surface area contributed by atoms with E-state index in [1.54, 1.807) is 0 Å². The van der Waals surface area contributed by atoms with Crippen LogP contribution in [0.15, 0.2) is 11.4 Å². The Hall–Kier alpha value is -1.89. The van der Waals surface area contributed by atoms with E-state index in [0.29, 0.717) is 6.42 Å². The minimum absolute atomic E-state index is 0.144. The summed E-state index contributed by atoms with van der Waals surface area (Å²) in [6.07, 6.45) is 0.342. The lowest BCUT2D eigenvalue weighted by molar-refractivity contribution is -0.139. The molecule has 1 atom stereocenters. The Morgan fingerprint density at radius 1 is 1.42 bits per heavy atom. The smallest absolute Gasteiger partial charge is 0.326 e. The van der Waals surface area contributed by atoms with Crippen LogP contribution in [-0.4, -0.2) is 28.9 Å². The second-order valence-electron chi connectivity index (χ2n) is 4.56. The predicted octanol–water partition coefficient (Wildman–Crippen LogP) is 1.08. The number of amides is 2. The molecule has 0 fully saturated rings. The number of carbonyl (C=O) groups excluding carboxylic acids is 2. The van der Waals surface area contributed by atoms with Crippen molar-refractivity contribution in [3.05, 3.63) is 21.9 Å². The van der Waals surface area contributed by atoms with E-state index >= 15 is 0 Å². The first kappa shape index (κ1) is 15.2. The molecule has 0 aliphatic heterocycles. The zero-order valence-corrected chi connectivity index (χ0v) is 11.5. The number of nitrogens with two attached hydrogens (primary N) is 1. The molecule has 7 heteroatoms. The molecule has 0 spiro atoms. The van der Waals surface area contributed by atoms with Crippen LogP contribution < -0.4 is 11.1 Å². The largest absolute Gasteiger partial charge is 0.480 e. The molecular formula is C12H16N2O4S. The zero-order chi connectivity index (χ0) is 14.6. The number of thiophene rings is 1. The summed E-state index contributed by atoms with van der Waals surface area (Å²) in [6.45, 7) is 3.75. The molecule has 1 rings (SSSR count). The molecule has 0 saturated carbocycles. The lowest BCUT2D eigenvalue weighted by atomic mass is 10.0. The molecule has 0 aliphatic rings. The standard InChI is InChI=1S/C12H16N2O4S/c1-6(2)3-8(12(17)18)14-11(16)9-4-7(5-19-9)10(13)15/h4-6,8H,3H2,1-2H3,(H2,13,15)(H,14,16)(H,17,18). The third kappa shape index (κ3) is 4.36. The van der Waals surface area contributed by atoms with Gasteiger partial charge in [-0.2, -0.15) is 0 Å². The number of rotatable bonds is 6. The van der Waals surface area contributed by atoms with Gasteiger partial charge in [0.1, 0.15) is 6.04 Å². The molecule has 6 nitrogen and oxygen atoms in total. The van der Waals surface area contributed by atoms with Crippen LogP contribution in [0.4, 0.5) is 0 Å². The average molecular weight is 284 g/mol. The summed E-state index contributed by atoms with van der Waals surface area (Å²) in [5.41, 5.74) is 5.33. The number of aliphatic carboxylic acids is 1. The van der Waals surface area contributed by atoms with Crippen LogP contribution in [0.2, 0.25) is 0 Å². The van der Waals surface area contributed by atoms with Gasteiger partial charge >= 0.3 is 5.97 Å². The second-order valence-corrected chi connectivity index (χ2v) is 5.47. The van der Waals surface area contributed by atoms with Gasteiger partial charge in [0, 0.05) is 5.38 Å². The lowest BCUT2D eigenvalue weighted by Crippen LogP contribution is -2.41. The van der Waals surface area contributed by atoms with Crippen LogP contribution in [0.25, 0.3) is 0 Å². The quantitative estimate of drug-likeness (QED) is 0.726. The Kier molecular flexibility index (Phi) is 5.05. The maximum absolute atomic E-state index is 11.9. The van der Waals surface area contributed by atoms with E-state index < -0.39 is 23.8 Å². The Morgan fingerprint density at radius 3 is 2.47 bits per heavy atom. The van der Waals surface area contributed by atoms with Crippen LogP contribution in [0, 0.1) is 5.92 Å². The molecule has 4 N–H and O–H groups in total. The summed E-state index contributed by atoms with van der Waals surface area (Å²) in [5.74, 6) is -2.06. The van der Waals surface area contributed by atoms with E-state index in [2.05, 4.69) is 5.32 Å². The van der Waals surface area contributed by atoms with Gasteiger partial charge in [-0.15, -0.1) is 11.3 Å². The molecule has 1 aromatic rings. The van der Waals surface area contributed by atoms with Crippen molar-refractivity contribution in [1.29, 1.82) is 0 Å². The normalized spacial score (nSPS) is 12.2. The van der Waals surface area contributed by atoms with E-state index in [4.69, 9.17) is 10.8 Å². The number of carboxylic acids is 1. The lowest BCUT2D eigenvalue weighted by Gasteiger charge is -2.15. The third-order valence-corrected chi connectivity index (χ3v) is 3.35. The van der Waals surface area contributed by atoms with Crippen molar-refractivity contribution in [2.45, 2.75) is 26.3 Å². The Bertz CT molecular complexity index is 496.